The van der Waals surface area contributed by atoms with Crippen molar-refractivity contribution in [3.8, 4) is 0 Å². The first-order valence-corrected chi connectivity index (χ1v) is 10.0. The maximum Gasteiger partial charge on any atom is 0.132 e. The number of allylic oxidation sites excluding steroid dienone is 2. The van der Waals surface area contributed by atoms with E-state index in [0.717, 1.165) is 37.5 Å². The number of carbonyl (C=O) groups excluding carboxylic acids is 1. The van der Waals surface area contributed by atoms with E-state index in [1.807, 2.05) is 0 Å². The van der Waals surface area contributed by atoms with Gasteiger partial charge in [-0.05, 0) is 73.8 Å². The van der Waals surface area contributed by atoms with Gasteiger partial charge in [0, 0.05) is 12.8 Å². The average Bonchev–Trinajstić information content (AvgIpc) is 2.63. The molecular formula is C23H32O. The van der Waals surface area contributed by atoms with Crippen molar-refractivity contribution in [1.82, 2.24) is 0 Å². The number of rotatable bonds is 5. The van der Waals surface area contributed by atoms with Gasteiger partial charge >= 0.3 is 0 Å². The highest BCUT2D eigenvalue weighted by Crippen LogP contribution is 2.37. The van der Waals surface area contributed by atoms with Crippen LogP contribution in [-0.2, 0) is 11.2 Å². The van der Waals surface area contributed by atoms with Crippen molar-refractivity contribution in [2.24, 2.45) is 11.8 Å². The lowest BCUT2D eigenvalue weighted by molar-refractivity contribution is -0.120. The van der Waals surface area contributed by atoms with E-state index in [2.05, 4.69) is 43.3 Å². The highest BCUT2D eigenvalue weighted by molar-refractivity contribution is 5.79. The van der Waals surface area contributed by atoms with Gasteiger partial charge in [-0.2, -0.15) is 0 Å². The predicted molar refractivity (Wildman–Crippen MR) is 101 cm³/mol. The average molecular weight is 325 g/mol. The molecule has 0 N–H and O–H groups in total. The summed E-state index contributed by atoms with van der Waals surface area (Å²) in [6, 6.07) is 9.39. The SMILES string of the molecule is CCCc1ccc(C2CCC(C=CC3CCC(=O)CC3)CC2)cc1. The second kappa shape index (κ2) is 8.65. The Morgan fingerprint density at radius 1 is 0.875 bits per heavy atom. The molecule has 0 unspecified atom stereocenters. The molecule has 1 nitrogen and oxygen atoms in total. The molecule has 130 valence electrons. The van der Waals surface area contributed by atoms with E-state index in [1.165, 1.54) is 44.1 Å². The number of ketones is 1. The van der Waals surface area contributed by atoms with Gasteiger partial charge in [-0.25, -0.2) is 0 Å². The topological polar surface area (TPSA) is 17.1 Å². The maximum absolute atomic E-state index is 11.3. The first-order chi connectivity index (χ1) is 11.7. The number of hydrogen-bond acceptors (Lipinski definition) is 1. The molecule has 0 radical (unpaired) electrons. The van der Waals surface area contributed by atoms with Crippen molar-refractivity contribution in [2.45, 2.75) is 77.0 Å². The van der Waals surface area contributed by atoms with Crippen LogP contribution in [0.3, 0.4) is 0 Å². The largest absolute Gasteiger partial charge is 0.300 e. The third-order valence-electron chi connectivity index (χ3n) is 6.01. The number of carbonyl (C=O) groups is 1. The van der Waals surface area contributed by atoms with E-state index in [0.29, 0.717) is 11.7 Å². The van der Waals surface area contributed by atoms with Crippen molar-refractivity contribution >= 4 is 5.78 Å². The summed E-state index contributed by atoms with van der Waals surface area (Å²) >= 11 is 0. The summed E-state index contributed by atoms with van der Waals surface area (Å²) in [5.41, 5.74) is 3.02. The van der Waals surface area contributed by atoms with Crippen LogP contribution in [0.4, 0.5) is 0 Å². The molecule has 24 heavy (non-hydrogen) atoms. The molecular weight excluding hydrogens is 292 g/mol. The monoisotopic (exact) mass is 324 g/mol. The van der Waals surface area contributed by atoms with E-state index in [1.54, 1.807) is 5.56 Å². The van der Waals surface area contributed by atoms with Crippen molar-refractivity contribution in [1.29, 1.82) is 0 Å². The summed E-state index contributed by atoms with van der Waals surface area (Å²) in [5.74, 6) is 2.65. The van der Waals surface area contributed by atoms with Crippen LogP contribution in [0.5, 0.6) is 0 Å². The fourth-order valence-electron chi connectivity index (χ4n) is 4.36. The Hall–Kier alpha value is -1.37. The van der Waals surface area contributed by atoms with Crippen LogP contribution in [0.1, 0.15) is 81.8 Å². The van der Waals surface area contributed by atoms with Gasteiger partial charge in [0.05, 0.1) is 0 Å². The third kappa shape index (κ3) is 4.82. The third-order valence-corrected chi connectivity index (χ3v) is 6.01. The molecule has 0 bridgehead atoms. The fourth-order valence-corrected chi connectivity index (χ4v) is 4.36. The lowest BCUT2D eigenvalue weighted by Crippen LogP contribution is -2.14. The molecule has 0 atom stereocenters. The summed E-state index contributed by atoms with van der Waals surface area (Å²) in [5, 5.41) is 0. The van der Waals surface area contributed by atoms with Crippen LogP contribution in [0, 0.1) is 11.8 Å². The van der Waals surface area contributed by atoms with E-state index in [-0.39, 0.29) is 0 Å². The summed E-state index contributed by atoms with van der Waals surface area (Å²) in [7, 11) is 0. The Labute approximate surface area is 147 Å². The van der Waals surface area contributed by atoms with Crippen molar-refractivity contribution in [2.75, 3.05) is 0 Å². The van der Waals surface area contributed by atoms with Crippen molar-refractivity contribution < 1.29 is 4.79 Å². The van der Waals surface area contributed by atoms with Gasteiger partial charge in [0.2, 0.25) is 0 Å². The lowest BCUT2D eigenvalue weighted by Gasteiger charge is -2.28. The molecule has 2 fully saturated rings. The summed E-state index contributed by atoms with van der Waals surface area (Å²) < 4.78 is 0. The summed E-state index contributed by atoms with van der Waals surface area (Å²) in [6.45, 7) is 2.24. The van der Waals surface area contributed by atoms with Gasteiger partial charge in [0.15, 0.2) is 0 Å². The molecule has 2 aliphatic carbocycles. The Bertz CT molecular complexity index is 536. The van der Waals surface area contributed by atoms with Crippen LogP contribution in [0.25, 0.3) is 0 Å². The first kappa shape index (κ1) is 17.5. The van der Waals surface area contributed by atoms with Crippen molar-refractivity contribution in [3.63, 3.8) is 0 Å². The smallest absolute Gasteiger partial charge is 0.132 e. The van der Waals surface area contributed by atoms with Gasteiger partial charge < -0.3 is 0 Å². The first-order valence-electron chi connectivity index (χ1n) is 10.0. The second-order valence-electron chi connectivity index (χ2n) is 7.86. The predicted octanol–water partition coefficient (Wildman–Crippen LogP) is 6.23. The van der Waals surface area contributed by atoms with E-state index >= 15 is 0 Å². The minimum absolute atomic E-state index is 0.463. The zero-order chi connectivity index (χ0) is 16.8. The molecule has 0 spiro atoms. The second-order valence-corrected chi connectivity index (χ2v) is 7.86. The molecule has 0 saturated heterocycles. The van der Waals surface area contributed by atoms with Gasteiger partial charge in [0.1, 0.15) is 5.78 Å². The fraction of sp³-hybridized carbons (Fsp3) is 0.609. The number of Topliss-reactive ketones (excluding diaryl/α,β-unsaturated/α-hetero) is 1. The number of hydrogen-bond donors (Lipinski definition) is 0. The minimum atomic E-state index is 0.463. The van der Waals surface area contributed by atoms with Gasteiger partial charge in [-0.1, -0.05) is 49.8 Å². The van der Waals surface area contributed by atoms with Crippen LogP contribution < -0.4 is 0 Å². The van der Waals surface area contributed by atoms with Crippen LogP contribution in [-0.4, -0.2) is 5.78 Å². The zero-order valence-corrected chi connectivity index (χ0v) is 15.2. The van der Waals surface area contributed by atoms with Crippen LogP contribution in [0.2, 0.25) is 0 Å². The Morgan fingerprint density at radius 2 is 1.46 bits per heavy atom. The van der Waals surface area contributed by atoms with Crippen LogP contribution in [0.15, 0.2) is 36.4 Å². The molecule has 0 amide bonds. The molecule has 2 aliphatic rings. The summed E-state index contributed by atoms with van der Waals surface area (Å²) in [6.07, 6.45) is 16.4. The normalized spacial score (nSPS) is 26.1. The van der Waals surface area contributed by atoms with Crippen LogP contribution >= 0.6 is 0 Å². The van der Waals surface area contributed by atoms with E-state index < -0.39 is 0 Å². The summed E-state index contributed by atoms with van der Waals surface area (Å²) in [4.78, 5) is 11.3. The minimum Gasteiger partial charge on any atom is -0.300 e. The molecule has 2 saturated carbocycles. The molecule has 0 aromatic heterocycles. The van der Waals surface area contributed by atoms with Crippen molar-refractivity contribution in [3.05, 3.63) is 47.5 Å². The van der Waals surface area contributed by atoms with Gasteiger partial charge in [-0.15, -0.1) is 0 Å². The Balaban J connectivity index is 1.46. The molecule has 1 heteroatoms. The molecule has 1 aromatic carbocycles. The lowest BCUT2D eigenvalue weighted by atomic mass is 9.78. The highest BCUT2D eigenvalue weighted by atomic mass is 16.1. The zero-order valence-electron chi connectivity index (χ0n) is 15.2. The number of benzene rings is 1. The molecule has 3 rings (SSSR count). The standard InChI is InChI=1S/C23H32O/c1-2-3-18-6-12-21(13-7-18)22-14-8-19(9-15-22)4-5-20-10-16-23(24)17-11-20/h4-7,12-13,19-20,22H,2-3,8-11,14-17H2,1H3. The maximum atomic E-state index is 11.3. The molecule has 0 heterocycles. The Morgan fingerprint density at radius 3 is 2.04 bits per heavy atom. The molecule has 0 aliphatic heterocycles. The number of aryl methyl sites for hydroxylation is 1. The quantitative estimate of drug-likeness (QED) is 0.587. The highest BCUT2D eigenvalue weighted by Gasteiger charge is 2.22. The van der Waals surface area contributed by atoms with E-state index in [9.17, 15) is 4.79 Å². The van der Waals surface area contributed by atoms with Gasteiger partial charge in [-0.3, -0.25) is 4.79 Å². The molecule has 1 aromatic rings. The van der Waals surface area contributed by atoms with E-state index in [4.69, 9.17) is 0 Å². The van der Waals surface area contributed by atoms with Gasteiger partial charge in [0.25, 0.3) is 0 Å². The Kier molecular flexibility index (Phi) is 6.29.